The minimum Gasteiger partial charge on any atom is -0.389 e. The van der Waals surface area contributed by atoms with E-state index in [2.05, 4.69) is 0 Å². The van der Waals surface area contributed by atoms with Gasteiger partial charge in [-0.25, -0.2) is 0 Å². The van der Waals surface area contributed by atoms with Gasteiger partial charge in [0.1, 0.15) is 0 Å². The normalized spacial score (nSPS) is 28.0. The van der Waals surface area contributed by atoms with Gasteiger partial charge in [0, 0.05) is 17.9 Å². The molecule has 1 aliphatic rings. The van der Waals surface area contributed by atoms with Crippen LogP contribution in [0.5, 0.6) is 0 Å². The molecule has 1 unspecified atom stereocenters. The molecule has 1 N–H and O–H groups in total. The Morgan fingerprint density at radius 3 is 2.53 bits per heavy atom. The number of hydrogen-bond acceptors (Lipinski definition) is 2. The Morgan fingerprint density at radius 2 is 1.94 bits per heavy atom. The van der Waals surface area contributed by atoms with Gasteiger partial charge >= 0.3 is 0 Å². The van der Waals surface area contributed by atoms with Gasteiger partial charge in [0.25, 0.3) is 0 Å². The van der Waals surface area contributed by atoms with Crippen LogP contribution in [0, 0.1) is 0 Å². The molecule has 17 heavy (non-hydrogen) atoms. The average Bonchev–Trinajstić information content (AvgIpc) is 2.19. The second-order valence-electron chi connectivity index (χ2n) is 5.56. The van der Waals surface area contributed by atoms with Crippen molar-refractivity contribution < 1.29 is 9.84 Å². The van der Waals surface area contributed by atoms with Crippen molar-refractivity contribution in [2.24, 2.45) is 0 Å². The number of rotatable bonds is 2. The standard InChI is InChI=1S/C14H19ClO2/c1-13(2)10-14(16,7-8-17-13)9-11-3-5-12(15)6-4-11/h3-6,16H,7-10H2,1-2H3. The number of benzene rings is 1. The van der Waals surface area contributed by atoms with E-state index in [1.165, 1.54) is 0 Å². The van der Waals surface area contributed by atoms with Gasteiger partial charge in [0.15, 0.2) is 0 Å². The fourth-order valence-corrected chi connectivity index (χ4v) is 2.71. The van der Waals surface area contributed by atoms with Gasteiger partial charge in [-0.05, 0) is 38.0 Å². The molecule has 0 aromatic heterocycles. The summed E-state index contributed by atoms with van der Waals surface area (Å²) in [5.41, 5.74) is 0.226. The van der Waals surface area contributed by atoms with Gasteiger partial charge in [-0.3, -0.25) is 0 Å². The summed E-state index contributed by atoms with van der Waals surface area (Å²) in [4.78, 5) is 0. The predicted octanol–water partition coefficient (Wildman–Crippen LogP) is 3.20. The van der Waals surface area contributed by atoms with E-state index in [-0.39, 0.29) is 5.60 Å². The third-order valence-corrected chi connectivity index (χ3v) is 3.51. The highest BCUT2D eigenvalue weighted by Crippen LogP contribution is 2.34. The minimum atomic E-state index is -0.657. The lowest BCUT2D eigenvalue weighted by molar-refractivity contribution is -0.143. The van der Waals surface area contributed by atoms with E-state index in [0.717, 1.165) is 10.6 Å². The van der Waals surface area contributed by atoms with Crippen LogP contribution in [-0.4, -0.2) is 22.9 Å². The molecule has 1 saturated heterocycles. The number of hydrogen-bond donors (Lipinski definition) is 1. The largest absolute Gasteiger partial charge is 0.389 e. The van der Waals surface area contributed by atoms with E-state index < -0.39 is 5.60 Å². The second kappa shape index (κ2) is 4.60. The van der Waals surface area contributed by atoms with Crippen LogP contribution in [0.3, 0.4) is 0 Å². The molecule has 3 heteroatoms. The van der Waals surface area contributed by atoms with Crippen LogP contribution in [0.25, 0.3) is 0 Å². The summed E-state index contributed by atoms with van der Waals surface area (Å²) in [6.45, 7) is 4.68. The summed E-state index contributed by atoms with van der Waals surface area (Å²) >= 11 is 5.85. The Hall–Kier alpha value is -0.570. The summed E-state index contributed by atoms with van der Waals surface area (Å²) < 4.78 is 5.64. The van der Waals surface area contributed by atoms with Crippen LogP contribution >= 0.6 is 11.6 Å². The van der Waals surface area contributed by atoms with Crippen molar-refractivity contribution in [3.05, 3.63) is 34.9 Å². The van der Waals surface area contributed by atoms with Crippen molar-refractivity contribution in [3.63, 3.8) is 0 Å². The fraction of sp³-hybridized carbons (Fsp3) is 0.571. The lowest BCUT2D eigenvalue weighted by Gasteiger charge is -2.41. The zero-order valence-electron chi connectivity index (χ0n) is 10.4. The van der Waals surface area contributed by atoms with Crippen LogP contribution in [0.2, 0.25) is 5.02 Å². The highest BCUT2D eigenvalue weighted by molar-refractivity contribution is 6.30. The monoisotopic (exact) mass is 254 g/mol. The molecule has 2 nitrogen and oxygen atoms in total. The summed E-state index contributed by atoms with van der Waals surface area (Å²) in [7, 11) is 0. The first-order valence-electron chi connectivity index (χ1n) is 5.99. The zero-order chi connectivity index (χ0) is 12.5. The van der Waals surface area contributed by atoms with E-state index in [4.69, 9.17) is 16.3 Å². The first-order chi connectivity index (χ1) is 7.89. The lowest BCUT2D eigenvalue weighted by atomic mass is 9.80. The summed E-state index contributed by atoms with van der Waals surface area (Å²) in [6, 6.07) is 7.68. The van der Waals surface area contributed by atoms with Gasteiger partial charge in [-0.2, -0.15) is 0 Å². The van der Waals surface area contributed by atoms with Gasteiger partial charge in [0.05, 0.1) is 17.8 Å². The number of aliphatic hydroxyl groups is 1. The highest BCUT2D eigenvalue weighted by atomic mass is 35.5. The molecule has 1 heterocycles. The van der Waals surface area contributed by atoms with Crippen LogP contribution in [0.15, 0.2) is 24.3 Å². The van der Waals surface area contributed by atoms with Crippen molar-refractivity contribution in [1.29, 1.82) is 0 Å². The first-order valence-corrected chi connectivity index (χ1v) is 6.37. The summed E-state index contributed by atoms with van der Waals surface area (Å²) in [6.07, 6.45) is 2.03. The van der Waals surface area contributed by atoms with Crippen molar-refractivity contribution >= 4 is 11.6 Å². The molecular weight excluding hydrogens is 236 g/mol. The van der Waals surface area contributed by atoms with Crippen molar-refractivity contribution in [3.8, 4) is 0 Å². The van der Waals surface area contributed by atoms with E-state index >= 15 is 0 Å². The van der Waals surface area contributed by atoms with Crippen molar-refractivity contribution in [2.45, 2.75) is 44.3 Å². The quantitative estimate of drug-likeness (QED) is 0.878. The lowest BCUT2D eigenvalue weighted by Crippen LogP contribution is -2.47. The maximum atomic E-state index is 10.6. The smallest absolute Gasteiger partial charge is 0.0737 e. The topological polar surface area (TPSA) is 29.5 Å². The molecule has 0 radical (unpaired) electrons. The highest BCUT2D eigenvalue weighted by Gasteiger charge is 2.39. The molecule has 1 aromatic carbocycles. The molecule has 0 amide bonds. The molecule has 1 atom stereocenters. The molecule has 0 bridgehead atoms. The van der Waals surface area contributed by atoms with E-state index in [0.29, 0.717) is 25.9 Å². The Morgan fingerprint density at radius 1 is 1.29 bits per heavy atom. The minimum absolute atomic E-state index is 0.237. The summed E-state index contributed by atoms with van der Waals surface area (Å²) in [5, 5.41) is 11.3. The molecule has 0 saturated carbocycles. The second-order valence-corrected chi connectivity index (χ2v) is 6.00. The van der Waals surface area contributed by atoms with Crippen LogP contribution < -0.4 is 0 Å². The first kappa shape index (κ1) is 12.9. The molecule has 1 aliphatic heterocycles. The van der Waals surface area contributed by atoms with Crippen LogP contribution in [0.4, 0.5) is 0 Å². The SMILES string of the molecule is CC1(C)CC(O)(Cc2ccc(Cl)cc2)CCO1. The Bertz CT molecular complexity index is 386. The predicted molar refractivity (Wildman–Crippen MR) is 69.4 cm³/mol. The third-order valence-electron chi connectivity index (χ3n) is 3.26. The number of ether oxygens (including phenoxy) is 1. The van der Waals surface area contributed by atoms with E-state index in [9.17, 15) is 5.11 Å². The zero-order valence-corrected chi connectivity index (χ0v) is 11.1. The Balaban J connectivity index is 2.09. The molecule has 1 fully saturated rings. The molecule has 94 valence electrons. The third kappa shape index (κ3) is 3.44. The van der Waals surface area contributed by atoms with Crippen LogP contribution in [0.1, 0.15) is 32.3 Å². The molecule has 0 spiro atoms. The molecule has 2 rings (SSSR count). The van der Waals surface area contributed by atoms with E-state index in [1.807, 2.05) is 38.1 Å². The molecule has 1 aromatic rings. The van der Waals surface area contributed by atoms with E-state index in [1.54, 1.807) is 0 Å². The average molecular weight is 255 g/mol. The van der Waals surface area contributed by atoms with Crippen molar-refractivity contribution in [1.82, 2.24) is 0 Å². The molecule has 0 aliphatic carbocycles. The molecular formula is C14H19ClO2. The Labute approximate surface area is 108 Å². The maximum Gasteiger partial charge on any atom is 0.0737 e. The van der Waals surface area contributed by atoms with Crippen LogP contribution in [-0.2, 0) is 11.2 Å². The van der Waals surface area contributed by atoms with Gasteiger partial charge in [-0.1, -0.05) is 23.7 Å². The van der Waals surface area contributed by atoms with Gasteiger partial charge < -0.3 is 9.84 Å². The van der Waals surface area contributed by atoms with Gasteiger partial charge in [-0.15, -0.1) is 0 Å². The summed E-state index contributed by atoms with van der Waals surface area (Å²) in [5.74, 6) is 0. The van der Waals surface area contributed by atoms with Gasteiger partial charge in [0.2, 0.25) is 0 Å². The van der Waals surface area contributed by atoms with Crippen molar-refractivity contribution in [2.75, 3.05) is 6.61 Å². The number of halogens is 1. The fourth-order valence-electron chi connectivity index (χ4n) is 2.58. The maximum absolute atomic E-state index is 10.6. The Kier molecular flexibility index (Phi) is 3.48.